The van der Waals surface area contributed by atoms with Gasteiger partial charge in [0.1, 0.15) is 11.6 Å². The number of nitrogens with zero attached hydrogens (tertiary/aromatic N) is 3. The van der Waals surface area contributed by atoms with Gasteiger partial charge in [0.2, 0.25) is 11.7 Å². The minimum Gasteiger partial charge on any atom is -0.423 e. The van der Waals surface area contributed by atoms with Crippen molar-refractivity contribution in [3.8, 4) is 0 Å². The molecule has 132 valence electrons. The average molecular weight is 351 g/mol. The summed E-state index contributed by atoms with van der Waals surface area (Å²) in [5.74, 6) is -4.10. The van der Waals surface area contributed by atoms with Gasteiger partial charge in [-0.25, -0.2) is 15.0 Å². The number of halogens is 2. The number of rotatable bonds is 5. The van der Waals surface area contributed by atoms with E-state index in [2.05, 4.69) is 25.6 Å². The first kappa shape index (κ1) is 18.7. The Morgan fingerprint density at radius 1 is 1.24 bits per heavy atom. The predicted octanol–water partition coefficient (Wildman–Crippen LogP) is 0.674. The van der Waals surface area contributed by atoms with E-state index in [0.717, 1.165) is 6.20 Å². The Balaban J connectivity index is 2.44. The van der Waals surface area contributed by atoms with Crippen molar-refractivity contribution in [2.24, 2.45) is 0 Å². The topological polar surface area (TPSA) is 120 Å². The smallest absolute Gasteiger partial charge is 0.423 e. The van der Waals surface area contributed by atoms with Crippen LogP contribution in [0.3, 0.4) is 0 Å². The number of pyridine rings is 1. The molecule has 2 heterocycles. The van der Waals surface area contributed by atoms with E-state index in [0.29, 0.717) is 12.6 Å². The van der Waals surface area contributed by atoms with Crippen LogP contribution in [0.1, 0.15) is 25.4 Å². The number of carbonyl (C=O) groups excluding carboxylic acids is 1. The Bertz CT molecular complexity index is 799. The van der Waals surface area contributed by atoms with E-state index < -0.39 is 18.9 Å². The van der Waals surface area contributed by atoms with E-state index in [9.17, 15) is 23.6 Å². The maximum Gasteiger partial charge on any atom is 0.492 e. The maximum absolute atomic E-state index is 13.5. The van der Waals surface area contributed by atoms with Crippen LogP contribution in [-0.2, 0) is 10.7 Å². The second-order valence-corrected chi connectivity index (χ2v) is 5.44. The number of carbonyl (C=O) groups is 1. The van der Waals surface area contributed by atoms with Crippen molar-refractivity contribution < 1.29 is 23.6 Å². The highest BCUT2D eigenvalue weighted by Gasteiger charge is 2.29. The summed E-state index contributed by atoms with van der Waals surface area (Å²) in [6.07, 6.45) is 1.14. The van der Waals surface area contributed by atoms with Gasteiger partial charge < -0.3 is 20.7 Å². The first-order valence-corrected chi connectivity index (χ1v) is 7.21. The van der Waals surface area contributed by atoms with E-state index in [-0.39, 0.29) is 28.7 Å². The maximum atomic E-state index is 13.5. The van der Waals surface area contributed by atoms with Crippen LogP contribution in [0.2, 0.25) is 0 Å². The van der Waals surface area contributed by atoms with E-state index in [1.807, 2.05) is 0 Å². The second-order valence-electron chi connectivity index (χ2n) is 5.44. The van der Waals surface area contributed by atoms with Crippen molar-refractivity contribution in [3.05, 3.63) is 29.8 Å². The number of alkyl halides is 2. The number of hydrogen-bond acceptors (Lipinski definition) is 7. The predicted molar refractivity (Wildman–Crippen MR) is 88.0 cm³/mol. The standard InChI is InChI=1S/C14H16BF2N5O3/c1-7-4-12(22-13(19-7)14(3,16)17)21-10-5-11(20-8(2)23)18-6-9(10)15(24)25/h4-6,24-25H,1-3H3,(H2,18,19,20,21,22,23). The summed E-state index contributed by atoms with van der Waals surface area (Å²) in [6, 6.07) is 2.75. The zero-order chi connectivity index (χ0) is 18.8. The van der Waals surface area contributed by atoms with Crippen molar-refractivity contribution in [1.29, 1.82) is 0 Å². The molecule has 0 unspecified atom stereocenters. The van der Waals surface area contributed by atoms with Crippen molar-refractivity contribution in [2.75, 3.05) is 10.6 Å². The van der Waals surface area contributed by atoms with Gasteiger partial charge in [-0.3, -0.25) is 4.79 Å². The lowest BCUT2D eigenvalue weighted by atomic mass is 9.80. The lowest BCUT2D eigenvalue weighted by molar-refractivity contribution is -0.114. The highest BCUT2D eigenvalue weighted by atomic mass is 19.3. The second kappa shape index (κ2) is 7.07. The van der Waals surface area contributed by atoms with Crippen molar-refractivity contribution >= 4 is 35.8 Å². The third kappa shape index (κ3) is 4.91. The van der Waals surface area contributed by atoms with Crippen LogP contribution < -0.4 is 16.1 Å². The molecule has 0 fully saturated rings. The fraction of sp³-hybridized carbons (Fsp3) is 0.286. The van der Waals surface area contributed by atoms with Crippen LogP contribution in [0.25, 0.3) is 0 Å². The molecule has 0 aliphatic carbocycles. The SMILES string of the molecule is CC(=O)Nc1cc(Nc2cc(C)nc(C(C)(F)F)n2)c(B(O)O)cn1. The zero-order valence-electron chi connectivity index (χ0n) is 13.7. The third-order valence-corrected chi connectivity index (χ3v) is 3.03. The van der Waals surface area contributed by atoms with Gasteiger partial charge in [-0.05, 0) is 6.92 Å². The minimum absolute atomic E-state index is 0.0184. The quantitative estimate of drug-likeness (QED) is 0.585. The number of nitrogens with one attached hydrogen (secondary N) is 2. The molecule has 0 bridgehead atoms. The van der Waals surface area contributed by atoms with E-state index in [4.69, 9.17) is 0 Å². The molecule has 8 nitrogen and oxygen atoms in total. The summed E-state index contributed by atoms with van der Waals surface area (Å²) in [7, 11) is -1.86. The molecule has 0 aromatic carbocycles. The Morgan fingerprint density at radius 2 is 1.92 bits per heavy atom. The minimum atomic E-state index is -3.23. The third-order valence-electron chi connectivity index (χ3n) is 3.03. The Labute approximate surface area is 142 Å². The highest BCUT2D eigenvalue weighted by Crippen LogP contribution is 2.26. The molecule has 0 saturated carbocycles. The normalized spacial score (nSPS) is 11.2. The van der Waals surface area contributed by atoms with Gasteiger partial charge in [-0.2, -0.15) is 8.78 Å². The molecule has 2 aromatic rings. The van der Waals surface area contributed by atoms with Gasteiger partial charge in [0.25, 0.3) is 0 Å². The Kier molecular flexibility index (Phi) is 5.28. The van der Waals surface area contributed by atoms with Crippen LogP contribution in [-0.4, -0.2) is 38.0 Å². The summed E-state index contributed by atoms with van der Waals surface area (Å²) >= 11 is 0. The fourth-order valence-electron chi connectivity index (χ4n) is 2.00. The average Bonchev–Trinajstić information content (AvgIpc) is 2.44. The molecule has 2 aromatic heterocycles. The number of amides is 1. The molecule has 0 spiro atoms. The van der Waals surface area contributed by atoms with Gasteiger partial charge in [0.15, 0.2) is 0 Å². The molecule has 25 heavy (non-hydrogen) atoms. The molecular weight excluding hydrogens is 335 g/mol. The Morgan fingerprint density at radius 3 is 2.48 bits per heavy atom. The van der Waals surface area contributed by atoms with Gasteiger partial charge in [-0.15, -0.1) is 0 Å². The van der Waals surface area contributed by atoms with Crippen LogP contribution in [0.4, 0.5) is 26.1 Å². The summed E-state index contributed by atoms with van der Waals surface area (Å²) in [4.78, 5) is 22.4. The molecule has 0 aliphatic heterocycles. The van der Waals surface area contributed by atoms with Gasteiger partial charge in [-0.1, -0.05) is 0 Å². The van der Waals surface area contributed by atoms with Crippen LogP contribution in [0.15, 0.2) is 18.3 Å². The molecule has 0 radical (unpaired) electrons. The molecule has 11 heteroatoms. The molecule has 2 rings (SSSR count). The highest BCUT2D eigenvalue weighted by molar-refractivity contribution is 6.60. The fourth-order valence-corrected chi connectivity index (χ4v) is 2.00. The summed E-state index contributed by atoms with van der Waals surface area (Å²) in [5.41, 5.74) is 0.420. The molecule has 0 aliphatic rings. The summed E-state index contributed by atoms with van der Waals surface area (Å²) in [6.45, 7) is 3.49. The lowest BCUT2D eigenvalue weighted by Crippen LogP contribution is -2.33. The number of anilines is 3. The number of aryl methyl sites for hydroxylation is 1. The summed E-state index contributed by atoms with van der Waals surface area (Å²) < 4.78 is 27.0. The van der Waals surface area contributed by atoms with Gasteiger partial charge in [0.05, 0.1) is 0 Å². The molecule has 1 amide bonds. The van der Waals surface area contributed by atoms with Gasteiger partial charge in [0, 0.05) is 49.0 Å². The van der Waals surface area contributed by atoms with E-state index in [1.54, 1.807) is 0 Å². The largest absolute Gasteiger partial charge is 0.492 e. The first-order valence-electron chi connectivity index (χ1n) is 7.21. The van der Waals surface area contributed by atoms with E-state index >= 15 is 0 Å². The monoisotopic (exact) mass is 351 g/mol. The molecular formula is C14H16BF2N5O3. The Hall–Kier alpha value is -2.66. The summed E-state index contributed by atoms with van der Waals surface area (Å²) in [5, 5.41) is 24.0. The lowest BCUT2D eigenvalue weighted by Gasteiger charge is -2.15. The van der Waals surface area contributed by atoms with Crippen LogP contribution >= 0.6 is 0 Å². The number of aromatic nitrogens is 3. The molecule has 4 N–H and O–H groups in total. The van der Waals surface area contributed by atoms with Crippen LogP contribution in [0, 0.1) is 6.92 Å². The van der Waals surface area contributed by atoms with Crippen molar-refractivity contribution in [3.63, 3.8) is 0 Å². The number of hydrogen-bond donors (Lipinski definition) is 4. The van der Waals surface area contributed by atoms with Crippen LogP contribution in [0.5, 0.6) is 0 Å². The zero-order valence-corrected chi connectivity index (χ0v) is 13.7. The van der Waals surface area contributed by atoms with Gasteiger partial charge >= 0.3 is 13.0 Å². The molecule has 0 saturated heterocycles. The first-order chi connectivity index (χ1) is 11.6. The molecule has 0 atom stereocenters. The van der Waals surface area contributed by atoms with Crippen molar-refractivity contribution in [1.82, 2.24) is 15.0 Å². The van der Waals surface area contributed by atoms with E-state index in [1.165, 1.54) is 26.0 Å². The van der Waals surface area contributed by atoms with Crippen molar-refractivity contribution in [2.45, 2.75) is 26.7 Å².